The van der Waals surface area contributed by atoms with E-state index in [1.54, 1.807) is 36.4 Å². The van der Waals surface area contributed by atoms with Crippen molar-refractivity contribution in [1.82, 2.24) is 0 Å². The third-order valence-electron chi connectivity index (χ3n) is 3.08. The largest absolute Gasteiger partial charge is 0.496 e. The number of carbonyl (C=O) groups excluding carboxylic acids is 2. The van der Waals surface area contributed by atoms with E-state index in [2.05, 4.69) is 5.32 Å². The number of halogens is 1. The molecule has 1 atom stereocenters. The predicted octanol–water partition coefficient (Wildman–Crippen LogP) is 3.53. The van der Waals surface area contributed by atoms with Crippen molar-refractivity contribution in [3.05, 3.63) is 59.1 Å². The Balaban J connectivity index is 2.05. The van der Waals surface area contributed by atoms with E-state index in [1.165, 1.54) is 20.1 Å². The van der Waals surface area contributed by atoms with Crippen LogP contribution in [0.4, 0.5) is 5.69 Å². The topological polar surface area (TPSA) is 64.6 Å². The zero-order valence-corrected chi connectivity index (χ0v) is 13.5. The molecule has 0 fully saturated rings. The number of hydrogen-bond acceptors (Lipinski definition) is 4. The van der Waals surface area contributed by atoms with Crippen molar-refractivity contribution < 1.29 is 19.1 Å². The zero-order chi connectivity index (χ0) is 16.8. The number of ether oxygens (including phenoxy) is 2. The van der Waals surface area contributed by atoms with Crippen molar-refractivity contribution in [3.63, 3.8) is 0 Å². The molecule has 0 bridgehead atoms. The second kappa shape index (κ2) is 7.65. The Morgan fingerprint density at radius 1 is 1.13 bits per heavy atom. The Morgan fingerprint density at radius 3 is 2.48 bits per heavy atom. The Labute approximate surface area is 139 Å². The third-order valence-corrected chi connectivity index (χ3v) is 3.31. The summed E-state index contributed by atoms with van der Waals surface area (Å²) >= 11 is 5.88. The second-order valence-electron chi connectivity index (χ2n) is 4.75. The number of hydrogen-bond donors (Lipinski definition) is 1. The SMILES string of the molecule is COc1ccc(Cl)cc1C(=O)OC(C)C(=O)Nc1ccccc1. The molecule has 2 aromatic carbocycles. The second-order valence-corrected chi connectivity index (χ2v) is 5.18. The van der Waals surface area contributed by atoms with Gasteiger partial charge >= 0.3 is 5.97 Å². The summed E-state index contributed by atoms with van der Waals surface area (Å²) in [6.07, 6.45) is -0.966. The van der Waals surface area contributed by atoms with Crippen molar-refractivity contribution in [2.75, 3.05) is 12.4 Å². The molecular formula is C17H16ClNO4. The van der Waals surface area contributed by atoms with Crippen LogP contribution in [0.15, 0.2) is 48.5 Å². The highest BCUT2D eigenvalue weighted by atomic mass is 35.5. The van der Waals surface area contributed by atoms with E-state index in [0.29, 0.717) is 16.5 Å². The van der Waals surface area contributed by atoms with E-state index in [-0.39, 0.29) is 5.56 Å². The maximum Gasteiger partial charge on any atom is 0.342 e. The minimum Gasteiger partial charge on any atom is -0.496 e. The molecule has 120 valence electrons. The van der Waals surface area contributed by atoms with Crippen LogP contribution in [0, 0.1) is 0 Å². The van der Waals surface area contributed by atoms with Gasteiger partial charge in [0.25, 0.3) is 5.91 Å². The van der Waals surface area contributed by atoms with Gasteiger partial charge in [-0.3, -0.25) is 4.79 Å². The highest BCUT2D eigenvalue weighted by molar-refractivity contribution is 6.31. The van der Waals surface area contributed by atoms with Crippen LogP contribution in [0.3, 0.4) is 0 Å². The molecule has 6 heteroatoms. The van der Waals surface area contributed by atoms with E-state index in [0.717, 1.165) is 0 Å². The van der Waals surface area contributed by atoms with Crippen molar-refractivity contribution in [1.29, 1.82) is 0 Å². The smallest absolute Gasteiger partial charge is 0.342 e. The van der Waals surface area contributed by atoms with Gasteiger partial charge in [-0.1, -0.05) is 29.8 Å². The first kappa shape index (κ1) is 16.8. The molecule has 0 heterocycles. The molecule has 23 heavy (non-hydrogen) atoms. The summed E-state index contributed by atoms with van der Waals surface area (Å²) < 4.78 is 10.3. The molecular weight excluding hydrogens is 318 g/mol. The number of anilines is 1. The number of carbonyl (C=O) groups is 2. The molecule has 0 saturated heterocycles. The third kappa shape index (κ3) is 4.47. The Morgan fingerprint density at radius 2 is 1.83 bits per heavy atom. The molecule has 1 unspecified atom stereocenters. The van der Waals surface area contributed by atoms with Crippen LogP contribution in [0.2, 0.25) is 5.02 Å². The number of methoxy groups -OCH3 is 1. The first-order chi connectivity index (χ1) is 11.0. The van der Waals surface area contributed by atoms with E-state index >= 15 is 0 Å². The molecule has 0 radical (unpaired) electrons. The first-order valence-corrected chi connectivity index (χ1v) is 7.29. The Kier molecular flexibility index (Phi) is 5.60. The number of para-hydroxylation sites is 1. The summed E-state index contributed by atoms with van der Waals surface area (Å²) in [7, 11) is 1.44. The predicted molar refractivity (Wildman–Crippen MR) is 88.0 cm³/mol. The van der Waals surface area contributed by atoms with Crippen molar-refractivity contribution in [3.8, 4) is 5.75 Å². The molecule has 5 nitrogen and oxygen atoms in total. The fourth-order valence-corrected chi connectivity index (χ4v) is 2.05. The fourth-order valence-electron chi connectivity index (χ4n) is 1.88. The lowest BCUT2D eigenvalue weighted by Crippen LogP contribution is -2.30. The van der Waals surface area contributed by atoms with Crippen LogP contribution >= 0.6 is 11.6 Å². The Bertz CT molecular complexity index is 703. The summed E-state index contributed by atoms with van der Waals surface area (Å²) in [5.41, 5.74) is 0.792. The van der Waals surface area contributed by atoms with Crippen LogP contribution in [-0.4, -0.2) is 25.1 Å². The normalized spacial score (nSPS) is 11.4. The number of rotatable bonds is 5. The van der Waals surface area contributed by atoms with Gasteiger partial charge in [0.1, 0.15) is 11.3 Å². The van der Waals surface area contributed by atoms with Crippen molar-refractivity contribution in [2.45, 2.75) is 13.0 Å². The van der Waals surface area contributed by atoms with Crippen LogP contribution in [-0.2, 0) is 9.53 Å². The molecule has 0 aliphatic carbocycles. The monoisotopic (exact) mass is 333 g/mol. The molecule has 0 aliphatic heterocycles. The minimum absolute atomic E-state index is 0.166. The number of benzene rings is 2. The molecule has 0 aromatic heterocycles. The van der Waals surface area contributed by atoms with Gasteiger partial charge in [-0.15, -0.1) is 0 Å². The van der Waals surface area contributed by atoms with Crippen LogP contribution in [0.25, 0.3) is 0 Å². The maximum atomic E-state index is 12.2. The summed E-state index contributed by atoms with van der Waals surface area (Å²) in [6, 6.07) is 13.5. The van der Waals surface area contributed by atoms with Gasteiger partial charge in [0.2, 0.25) is 0 Å². The Hall–Kier alpha value is -2.53. The van der Waals surface area contributed by atoms with Crippen molar-refractivity contribution in [2.24, 2.45) is 0 Å². The van der Waals surface area contributed by atoms with Crippen LogP contribution < -0.4 is 10.1 Å². The molecule has 1 amide bonds. The van der Waals surface area contributed by atoms with Gasteiger partial charge in [-0.25, -0.2) is 4.79 Å². The lowest BCUT2D eigenvalue weighted by molar-refractivity contribution is -0.123. The van der Waals surface area contributed by atoms with Crippen molar-refractivity contribution >= 4 is 29.2 Å². The quantitative estimate of drug-likeness (QED) is 0.850. The van der Waals surface area contributed by atoms with Gasteiger partial charge in [0.15, 0.2) is 6.10 Å². The maximum absolute atomic E-state index is 12.2. The molecule has 2 aromatic rings. The average molecular weight is 334 g/mol. The average Bonchev–Trinajstić information content (AvgIpc) is 2.55. The number of nitrogens with one attached hydrogen (secondary N) is 1. The lowest BCUT2D eigenvalue weighted by Gasteiger charge is -2.15. The molecule has 0 aliphatic rings. The summed E-state index contributed by atoms with van der Waals surface area (Å²) in [5, 5.41) is 3.04. The number of esters is 1. The standard InChI is InChI=1S/C17H16ClNO4/c1-11(16(20)19-13-6-4-3-5-7-13)23-17(21)14-10-12(18)8-9-15(14)22-2/h3-11H,1-2H3,(H,19,20). The van der Waals surface area contributed by atoms with Gasteiger partial charge in [0.05, 0.1) is 7.11 Å². The van der Waals surface area contributed by atoms with E-state index in [1.807, 2.05) is 6.07 Å². The molecule has 1 N–H and O–H groups in total. The first-order valence-electron chi connectivity index (χ1n) is 6.91. The minimum atomic E-state index is -0.966. The lowest BCUT2D eigenvalue weighted by atomic mass is 10.2. The summed E-state index contributed by atoms with van der Waals surface area (Å²) in [4.78, 5) is 24.3. The van der Waals surface area contributed by atoms with E-state index in [4.69, 9.17) is 21.1 Å². The summed E-state index contributed by atoms with van der Waals surface area (Å²) in [6.45, 7) is 1.49. The van der Waals surface area contributed by atoms with E-state index < -0.39 is 18.0 Å². The summed E-state index contributed by atoms with van der Waals surface area (Å²) in [5.74, 6) is -0.777. The van der Waals surface area contributed by atoms with Crippen LogP contribution in [0.5, 0.6) is 5.75 Å². The van der Waals surface area contributed by atoms with Crippen LogP contribution in [0.1, 0.15) is 17.3 Å². The molecule has 0 spiro atoms. The fraction of sp³-hybridized carbons (Fsp3) is 0.176. The van der Waals surface area contributed by atoms with Gasteiger partial charge in [-0.2, -0.15) is 0 Å². The molecule has 2 rings (SSSR count). The molecule has 0 saturated carbocycles. The van der Waals surface area contributed by atoms with Gasteiger partial charge < -0.3 is 14.8 Å². The van der Waals surface area contributed by atoms with E-state index in [9.17, 15) is 9.59 Å². The van der Waals surface area contributed by atoms with Gasteiger partial charge in [-0.05, 0) is 37.3 Å². The zero-order valence-electron chi connectivity index (χ0n) is 12.7. The highest BCUT2D eigenvalue weighted by Crippen LogP contribution is 2.23. The van der Waals surface area contributed by atoms with Gasteiger partial charge in [0, 0.05) is 10.7 Å². The highest BCUT2D eigenvalue weighted by Gasteiger charge is 2.21. The number of amides is 1.